The Morgan fingerprint density at radius 2 is 1.81 bits per heavy atom. The van der Waals surface area contributed by atoms with Gasteiger partial charge in [0.1, 0.15) is 5.69 Å². The lowest BCUT2D eigenvalue weighted by atomic mass is 10.2. The van der Waals surface area contributed by atoms with E-state index >= 15 is 0 Å². The van der Waals surface area contributed by atoms with Gasteiger partial charge in [-0.15, -0.1) is 0 Å². The third-order valence-corrected chi connectivity index (χ3v) is 4.93. The maximum atomic E-state index is 13.8. The van der Waals surface area contributed by atoms with Gasteiger partial charge in [-0.3, -0.25) is 0 Å². The van der Waals surface area contributed by atoms with Crippen molar-refractivity contribution in [1.29, 1.82) is 0 Å². The number of ether oxygens (including phenoxy) is 2. The van der Waals surface area contributed by atoms with E-state index in [-0.39, 0.29) is 23.4 Å². The number of rotatable bonds is 5. The monoisotopic (exact) mass is 436 g/mol. The van der Waals surface area contributed by atoms with Gasteiger partial charge in [0, 0.05) is 25.8 Å². The van der Waals surface area contributed by atoms with Crippen molar-refractivity contribution >= 4 is 17.8 Å². The molecule has 0 radical (unpaired) electrons. The summed E-state index contributed by atoms with van der Waals surface area (Å²) in [7, 11) is 0. The summed E-state index contributed by atoms with van der Waals surface area (Å²) in [6.07, 6.45) is -1.71. The highest BCUT2D eigenvalue weighted by atomic mass is 19.3. The lowest BCUT2D eigenvalue weighted by molar-refractivity contribution is 0.0980. The molecular formula is C17H22F2N10O2. The van der Waals surface area contributed by atoms with Crippen LogP contribution in [-0.2, 0) is 9.47 Å². The molecule has 0 aromatic carbocycles. The highest BCUT2D eigenvalue weighted by molar-refractivity contribution is 5.61. The van der Waals surface area contributed by atoms with E-state index in [1.165, 1.54) is 6.20 Å². The summed E-state index contributed by atoms with van der Waals surface area (Å²) in [5.74, 6) is 5.53. The number of hydrogen-bond acceptors (Lipinski definition) is 11. The zero-order chi connectivity index (χ0) is 21.8. The van der Waals surface area contributed by atoms with Gasteiger partial charge in [-0.05, 0) is 6.92 Å². The summed E-state index contributed by atoms with van der Waals surface area (Å²) in [4.78, 5) is 25.2. The maximum Gasteiger partial charge on any atom is 0.281 e. The molecule has 2 saturated heterocycles. The van der Waals surface area contributed by atoms with Gasteiger partial charge >= 0.3 is 0 Å². The van der Waals surface area contributed by atoms with Crippen LogP contribution in [0.1, 0.15) is 19.0 Å². The van der Waals surface area contributed by atoms with Crippen LogP contribution < -0.4 is 15.6 Å². The van der Waals surface area contributed by atoms with Crippen molar-refractivity contribution in [1.82, 2.24) is 24.9 Å². The van der Waals surface area contributed by atoms with Gasteiger partial charge in [-0.2, -0.15) is 15.0 Å². The molecule has 2 fully saturated rings. The standard InChI is InChI=1S/C17H22F2N10O2/c1-10-9-31-7-4-29(10)17-24-14(23-16(25-17)28-2-5-30-6-3-28)11-8-21-15(26-27-20)22-12(11)13(18)19/h8,10,13H,2-7,9H2,1H3,(H2,20,21,22,26)/t10-/m0/s1. The van der Waals surface area contributed by atoms with Gasteiger partial charge in [0.15, 0.2) is 5.82 Å². The lowest BCUT2D eigenvalue weighted by Gasteiger charge is -2.34. The Balaban J connectivity index is 1.82. The topological polar surface area (TPSA) is 140 Å². The molecule has 0 aliphatic carbocycles. The molecule has 4 rings (SSSR count). The van der Waals surface area contributed by atoms with E-state index in [1.807, 2.05) is 16.7 Å². The molecular weight excluding hydrogens is 414 g/mol. The van der Waals surface area contributed by atoms with Crippen LogP contribution in [0.15, 0.2) is 16.5 Å². The summed E-state index contributed by atoms with van der Waals surface area (Å²) in [6, 6.07) is 0.0136. The normalized spacial score (nSPS) is 20.1. The molecule has 0 spiro atoms. The Morgan fingerprint density at radius 3 is 2.52 bits per heavy atom. The van der Waals surface area contributed by atoms with E-state index < -0.39 is 12.1 Å². The molecule has 2 aliphatic heterocycles. The minimum absolute atomic E-state index is 0.00922. The van der Waals surface area contributed by atoms with E-state index in [4.69, 9.17) is 15.3 Å². The first-order valence-corrected chi connectivity index (χ1v) is 9.76. The summed E-state index contributed by atoms with van der Waals surface area (Å²) in [5.41, 5.74) is -0.567. The Morgan fingerprint density at radius 1 is 1.06 bits per heavy atom. The molecule has 14 heteroatoms. The highest BCUT2D eigenvalue weighted by Crippen LogP contribution is 2.31. The van der Waals surface area contributed by atoms with Crippen molar-refractivity contribution in [2.24, 2.45) is 16.2 Å². The van der Waals surface area contributed by atoms with Crippen LogP contribution in [0.2, 0.25) is 0 Å². The van der Waals surface area contributed by atoms with E-state index in [0.717, 1.165) is 0 Å². The third kappa shape index (κ3) is 4.64. The second-order valence-corrected chi connectivity index (χ2v) is 6.96. The van der Waals surface area contributed by atoms with Crippen LogP contribution in [-0.4, -0.2) is 77.0 Å². The quantitative estimate of drug-likeness (QED) is 0.414. The molecule has 0 bridgehead atoms. The fourth-order valence-corrected chi connectivity index (χ4v) is 3.36. The number of nitrogens with zero attached hydrogens (tertiary/aromatic N) is 9. The maximum absolute atomic E-state index is 13.8. The molecule has 166 valence electrons. The summed E-state index contributed by atoms with van der Waals surface area (Å²) in [6.45, 7) is 5.78. The third-order valence-electron chi connectivity index (χ3n) is 4.93. The molecule has 2 N–H and O–H groups in total. The number of anilines is 2. The van der Waals surface area contributed by atoms with Crippen molar-refractivity contribution in [2.45, 2.75) is 19.4 Å². The van der Waals surface area contributed by atoms with Gasteiger partial charge in [0.2, 0.25) is 11.9 Å². The second-order valence-electron chi connectivity index (χ2n) is 6.96. The van der Waals surface area contributed by atoms with E-state index in [0.29, 0.717) is 58.0 Å². The van der Waals surface area contributed by atoms with Crippen LogP contribution in [0.25, 0.3) is 11.4 Å². The lowest BCUT2D eigenvalue weighted by Crippen LogP contribution is -2.45. The van der Waals surface area contributed by atoms with Crippen molar-refractivity contribution in [3.8, 4) is 11.4 Å². The van der Waals surface area contributed by atoms with Crippen molar-refractivity contribution in [3.05, 3.63) is 11.9 Å². The fraction of sp³-hybridized carbons (Fsp3) is 0.588. The highest BCUT2D eigenvalue weighted by Gasteiger charge is 2.27. The molecule has 0 unspecified atom stereocenters. The van der Waals surface area contributed by atoms with Crippen LogP contribution in [0.4, 0.5) is 26.6 Å². The molecule has 0 amide bonds. The Bertz CT molecular complexity index is 941. The molecule has 2 aromatic heterocycles. The summed E-state index contributed by atoms with van der Waals surface area (Å²) < 4.78 is 38.5. The Hall–Kier alpha value is -3.13. The SMILES string of the molecule is C[C@H]1COCCN1c1nc(-c2cnc(N=NN)nc2C(F)F)nc(N2CCOCC2)n1. The molecule has 0 saturated carbocycles. The van der Waals surface area contributed by atoms with Gasteiger partial charge in [-0.1, -0.05) is 10.3 Å². The fourth-order valence-electron chi connectivity index (χ4n) is 3.36. The van der Waals surface area contributed by atoms with Gasteiger partial charge in [-0.25, -0.2) is 18.7 Å². The van der Waals surface area contributed by atoms with Crippen molar-refractivity contribution < 1.29 is 18.3 Å². The second kappa shape index (κ2) is 9.34. The number of hydrogen-bond donors (Lipinski definition) is 1. The minimum Gasteiger partial charge on any atom is -0.378 e. The van der Waals surface area contributed by atoms with Crippen molar-refractivity contribution in [3.63, 3.8) is 0 Å². The predicted molar refractivity (Wildman–Crippen MR) is 105 cm³/mol. The molecule has 1 atom stereocenters. The first kappa shape index (κ1) is 21.1. The number of halogens is 2. The van der Waals surface area contributed by atoms with E-state index in [9.17, 15) is 8.78 Å². The van der Waals surface area contributed by atoms with Crippen LogP contribution in [0.3, 0.4) is 0 Å². The number of aromatic nitrogens is 5. The first-order chi connectivity index (χ1) is 15.1. The van der Waals surface area contributed by atoms with Gasteiger partial charge < -0.3 is 25.1 Å². The minimum atomic E-state index is -2.90. The summed E-state index contributed by atoms with van der Waals surface area (Å²) in [5, 5.41) is 6.47. The predicted octanol–water partition coefficient (Wildman–Crippen LogP) is 1.29. The van der Waals surface area contributed by atoms with Gasteiger partial charge in [0.25, 0.3) is 12.4 Å². The smallest absolute Gasteiger partial charge is 0.281 e. The average Bonchev–Trinajstić information content (AvgIpc) is 2.80. The Kier molecular flexibility index (Phi) is 6.36. The molecule has 31 heavy (non-hydrogen) atoms. The Labute approximate surface area is 176 Å². The molecule has 12 nitrogen and oxygen atoms in total. The number of alkyl halides is 2. The van der Waals surface area contributed by atoms with Crippen LogP contribution in [0.5, 0.6) is 0 Å². The van der Waals surface area contributed by atoms with E-state index in [2.05, 4.69) is 35.3 Å². The summed E-state index contributed by atoms with van der Waals surface area (Å²) >= 11 is 0. The average molecular weight is 436 g/mol. The number of morpholine rings is 2. The van der Waals surface area contributed by atoms with Crippen LogP contribution in [0, 0.1) is 0 Å². The van der Waals surface area contributed by atoms with Gasteiger partial charge in [0.05, 0.1) is 38.0 Å². The van der Waals surface area contributed by atoms with E-state index in [1.54, 1.807) is 0 Å². The zero-order valence-corrected chi connectivity index (χ0v) is 16.9. The van der Waals surface area contributed by atoms with Crippen LogP contribution >= 0.6 is 0 Å². The first-order valence-electron chi connectivity index (χ1n) is 9.76. The molecule has 2 aliphatic rings. The zero-order valence-electron chi connectivity index (χ0n) is 16.9. The van der Waals surface area contributed by atoms with Crippen molar-refractivity contribution in [2.75, 3.05) is 55.9 Å². The largest absolute Gasteiger partial charge is 0.378 e. The molecule has 4 heterocycles. The number of nitrogens with two attached hydrogens (primary N) is 1. The molecule has 2 aromatic rings.